The first-order valence-electron chi connectivity index (χ1n) is 2.75. The monoisotopic (exact) mass is 147 g/mol. The molecule has 0 bridgehead atoms. The summed E-state index contributed by atoms with van der Waals surface area (Å²) in [6.07, 6.45) is -2.17. The van der Waals surface area contributed by atoms with Gasteiger partial charge in [0.2, 0.25) is 5.91 Å². The molecular weight excluding hydrogens is 137 g/mol. The second-order valence-corrected chi connectivity index (χ2v) is 1.84. The van der Waals surface area contributed by atoms with Crippen molar-refractivity contribution in [2.45, 2.75) is 19.3 Å². The lowest BCUT2D eigenvalue weighted by atomic mass is 10.3. The molecule has 1 unspecified atom stereocenters. The first-order chi connectivity index (χ1) is 4.57. The Hall–Kier alpha value is -0.970. The van der Waals surface area contributed by atoms with E-state index in [4.69, 9.17) is 11.1 Å². The van der Waals surface area contributed by atoms with Crippen molar-refractivity contribution in [3.8, 4) is 0 Å². The minimum absolute atomic E-state index is 0.406. The Balaban J connectivity index is 3.71. The molecule has 0 saturated carbocycles. The van der Waals surface area contributed by atoms with Crippen LogP contribution < -0.4 is 11.1 Å². The molecule has 0 radical (unpaired) electrons. The van der Waals surface area contributed by atoms with E-state index in [1.54, 1.807) is 0 Å². The predicted molar refractivity (Wildman–Crippen MR) is 35.5 cm³/mol. The summed E-state index contributed by atoms with van der Waals surface area (Å²) in [7, 11) is 0. The second-order valence-electron chi connectivity index (χ2n) is 1.84. The Morgan fingerprint density at radius 1 is 1.90 bits per heavy atom. The number of hydrogen-bond donors (Lipinski definition) is 3. The van der Waals surface area contributed by atoms with Crippen LogP contribution in [-0.2, 0) is 4.79 Å². The highest BCUT2D eigenvalue weighted by Crippen LogP contribution is 1.87. The molecule has 0 aromatic heterocycles. The van der Waals surface area contributed by atoms with Crippen LogP contribution in [0.2, 0.25) is 0 Å². The fourth-order valence-electron chi connectivity index (χ4n) is 0.418. The molecule has 4 N–H and O–H groups in total. The first-order valence-corrected chi connectivity index (χ1v) is 2.75. The lowest BCUT2D eigenvalue weighted by molar-refractivity contribution is -0.119. The zero-order valence-electron chi connectivity index (χ0n) is 5.60. The maximum absolute atomic E-state index is 12.3. The summed E-state index contributed by atoms with van der Waals surface area (Å²) in [4.78, 5) is 10.2. The van der Waals surface area contributed by atoms with Gasteiger partial charge in [0.1, 0.15) is 6.17 Å². The SMILES string of the molecule is CC(=O)N[C@H](N)C(F)C=N. The minimum atomic E-state index is -1.61. The smallest absolute Gasteiger partial charge is 0.218 e. The summed E-state index contributed by atoms with van der Waals surface area (Å²) in [5, 5.41) is 8.56. The zero-order valence-corrected chi connectivity index (χ0v) is 5.60. The van der Waals surface area contributed by atoms with Gasteiger partial charge in [0.05, 0.1) is 0 Å². The van der Waals surface area contributed by atoms with Crippen molar-refractivity contribution in [2.24, 2.45) is 5.73 Å². The first kappa shape index (κ1) is 9.03. The highest BCUT2D eigenvalue weighted by atomic mass is 19.1. The average molecular weight is 147 g/mol. The molecule has 0 fully saturated rings. The topological polar surface area (TPSA) is 79.0 Å². The molecule has 0 heterocycles. The third-order valence-corrected chi connectivity index (χ3v) is 0.872. The lowest BCUT2D eigenvalue weighted by Crippen LogP contribution is -2.47. The van der Waals surface area contributed by atoms with Gasteiger partial charge in [-0.05, 0) is 0 Å². The summed E-state index contributed by atoms with van der Waals surface area (Å²) >= 11 is 0. The van der Waals surface area contributed by atoms with E-state index in [2.05, 4.69) is 5.32 Å². The molecule has 0 aromatic rings. The molecule has 0 spiro atoms. The summed E-state index contributed by atoms with van der Waals surface area (Å²) in [6, 6.07) is 0. The van der Waals surface area contributed by atoms with Crippen molar-refractivity contribution in [1.82, 2.24) is 5.32 Å². The number of hydrogen-bond acceptors (Lipinski definition) is 3. The van der Waals surface area contributed by atoms with E-state index >= 15 is 0 Å². The fourth-order valence-corrected chi connectivity index (χ4v) is 0.418. The van der Waals surface area contributed by atoms with Gasteiger partial charge < -0.3 is 16.5 Å². The maximum Gasteiger partial charge on any atom is 0.218 e. The van der Waals surface area contributed by atoms with E-state index in [9.17, 15) is 9.18 Å². The maximum atomic E-state index is 12.3. The van der Waals surface area contributed by atoms with Crippen LogP contribution in [-0.4, -0.2) is 24.5 Å². The summed E-state index contributed by atoms with van der Waals surface area (Å²) in [6.45, 7) is 1.23. The van der Waals surface area contributed by atoms with Gasteiger partial charge in [-0.15, -0.1) is 0 Å². The molecule has 0 saturated heterocycles. The van der Waals surface area contributed by atoms with E-state index in [0.717, 1.165) is 0 Å². The van der Waals surface area contributed by atoms with Crippen LogP contribution in [0.4, 0.5) is 4.39 Å². The second kappa shape index (κ2) is 3.94. The van der Waals surface area contributed by atoms with Crippen LogP contribution in [0.5, 0.6) is 0 Å². The zero-order chi connectivity index (χ0) is 8.15. The quantitative estimate of drug-likeness (QED) is 0.368. The summed E-state index contributed by atoms with van der Waals surface area (Å²) < 4.78 is 12.3. The van der Waals surface area contributed by atoms with Crippen LogP contribution in [0.25, 0.3) is 0 Å². The van der Waals surface area contributed by atoms with Crippen molar-refractivity contribution in [2.75, 3.05) is 0 Å². The molecule has 5 heteroatoms. The molecule has 10 heavy (non-hydrogen) atoms. The molecular formula is C5H10FN3O. The van der Waals surface area contributed by atoms with Crippen LogP contribution >= 0.6 is 0 Å². The van der Waals surface area contributed by atoms with E-state index < -0.39 is 18.2 Å². The van der Waals surface area contributed by atoms with Crippen molar-refractivity contribution in [3.63, 3.8) is 0 Å². The van der Waals surface area contributed by atoms with E-state index in [1.165, 1.54) is 6.92 Å². The van der Waals surface area contributed by atoms with Crippen molar-refractivity contribution in [3.05, 3.63) is 0 Å². The molecule has 4 nitrogen and oxygen atoms in total. The third-order valence-electron chi connectivity index (χ3n) is 0.872. The number of carbonyl (C=O) groups excluding carboxylic acids is 1. The molecule has 0 aliphatic carbocycles. The van der Waals surface area contributed by atoms with Gasteiger partial charge in [-0.3, -0.25) is 4.79 Å². The van der Waals surface area contributed by atoms with Crippen LogP contribution in [0.3, 0.4) is 0 Å². The van der Waals surface area contributed by atoms with Crippen molar-refractivity contribution in [1.29, 1.82) is 5.41 Å². The fraction of sp³-hybridized carbons (Fsp3) is 0.600. The summed E-state index contributed by atoms with van der Waals surface area (Å²) in [5.74, 6) is -0.406. The number of amides is 1. The van der Waals surface area contributed by atoms with Crippen molar-refractivity contribution >= 4 is 12.1 Å². The number of carbonyl (C=O) groups is 1. The highest BCUT2D eigenvalue weighted by Gasteiger charge is 2.13. The molecule has 0 aliphatic rings. The molecule has 58 valence electrons. The molecule has 0 rings (SSSR count). The Morgan fingerprint density at radius 2 is 2.40 bits per heavy atom. The molecule has 0 aromatic carbocycles. The Morgan fingerprint density at radius 3 is 2.70 bits per heavy atom. The van der Waals surface area contributed by atoms with Crippen molar-refractivity contribution < 1.29 is 9.18 Å². The summed E-state index contributed by atoms with van der Waals surface area (Å²) in [5.41, 5.74) is 5.07. The van der Waals surface area contributed by atoms with E-state index in [1.807, 2.05) is 0 Å². The van der Waals surface area contributed by atoms with Crippen LogP contribution in [0.15, 0.2) is 0 Å². The van der Waals surface area contributed by atoms with Gasteiger partial charge in [-0.1, -0.05) is 0 Å². The Labute approximate surface area is 58.1 Å². The number of alkyl halides is 1. The average Bonchev–Trinajstić information content (AvgIpc) is 1.85. The van der Waals surface area contributed by atoms with Gasteiger partial charge in [-0.2, -0.15) is 0 Å². The standard InChI is InChI=1S/C5H10FN3O/c1-3(10)9-5(8)4(6)2-7/h2,4-5,7H,8H2,1H3,(H,9,10)/t4?,5-/m0/s1. The van der Waals surface area contributed by atoms with E-state index in [-0.39, 0.29) is 0 Å². The van der Waals surface area contributed by atoms with Crippen LogP contribution in [0, 0.1) is 5.41 Å². The number of halogens is 1. The van der Waals surface area contributed by atoms with E-state index in [0.29, 0.717) is 6.21 Å². The van der Waals surface area contributed by atoms with Gasteiger partial charge in [-0.25, -0.2) is 4.39 Å². The molecule has 2 atom stereocenters. The lowest BCUT2D eigenvalue weighted by Gasteiger charge is -2.12. The largest absolute Gasteiger partial charge is 0.338 e. The third kappa shape index (κ3) is 3.13. The van der Waals surface area contributed by atoms with Gasteiger partial charge in [0.25, 0.3) is 0 Å². The van der Waals surface area contributed by atoms with Gasteiger partial charge >= 0.3 is 0 Å². The predicted octanol–water partition coefficient (Wildman–Crippen LogP) is -0.605. The normalized spacial score (nSPS) is 15.5. The number of rotatable bonds is 3. The van der Waals surface area contributed by atoms with Gasteiger partial charge in [0, 0.05) is 13.1 Å². The number of nitrogens with two attached hydrogens (primary N) is 1. The Kier molecular flexibility index (Phi) is 3.56. The molecule has 0 aliphatic heterocycles. The highest BCUT2D eigenvalue weighted by molar-refractivity contribution is 5.74. The Bertz CT molecular complexity index is 139. The minimum Gasteiger partial charge on any atom is -0.338 e. The van der Waals surface area contributed by atoms with Crippen LogP contribution in [0.1, 0.15) is 6.92 Å². The molecule has 1 amide bonds. The number of nitrogens with one attached hydrogen (secondary N) is 2. The van der Waals surface area contributed by atoms with Gasteiger partial charge in [0.15, 0.2) is 6.17 Å².